The maximum absolute atomic E-state index is 8.71. The fourth-order valence-corrected chi connectivity index (χ4v) is 1.86. The molecule has 0 heterocycles. The van der Waals surface area contributed by atoms with Gasteiger partial charge in [-0.15, -0.1) is 0 Å². The van der Waals surface area contributed by atoms with Crippen molar-refractivity contribution in [2.45, 2.75) is 38.5 Å². The second-order valence-corrected chi connectivity index (χ2v) is 3.47. The summed E-state index contributed by atoms with van der Waals surface area (Å²) < 4.78 is 0. The molecule has 0 aromatic carbocycles. The van der Waals surface area contributed by atoms with Crippen LogP contribution in [0, 0.1) is 5.92 Å². The van der Waals surface area contributed by atoms with Gasteiger partial charge in [-0.1, -0.05) is 31.4 Å². The monoisotopic (exact) mass is 154 g/mol. The predicted octanol–water partition coefficient (Wildman–Crippen LogP) is 2.51. The van der Waals surface area contributed by atoms with Gasteiger partial charge in [0.2, 0.25) is 0 Å². The first-order valence-corrected chi connectivity index (χ1v) is 4.63. The summed E-state index contributed by atoms with van der Waals surface area (Å²) in [6.07, 6.45) is 7.52. The predicted molar refractivity (Wildman–Crippen MR) is 47.4 cm³/mol. The average Bonchev–Trinajstić information content (AvgIpc) is 2.07. The third-order valence-corrected chi connectivity index (χ3v) is 2.62. The molecule has 1 saturated carbocycles. The Bertz CT molecular complexity index is 123. The summed E-state index contributed by atoms with van der Waals surface area (Å²) in [5.74, 6) is 0.718. The van der Waals surface area contributed by atoms with Crippen molar-refractivity contribution < 1.29 is 5.11 Å². The van der Waals surface area contributed by atoms with Crippen LogP contribution in [0.3, 0.4) is 0 Å². The highest BCUT2D eigenvalue weighted by Gasteiger charge is 2.15. The molecular weight excluding hydrogens is 136 g/mol. The molecule has 0 aromatic heterocycles. The molecule has 1 N–H and O–H groups in total. The first-order valence-electron chi connectivity index (χ1n) is 4.63. The Hall–Kier alpha value is -0.300. The van der Waals surface area contributed by atoms with E-state index in [1.54, 1.807) is 0 Å². The summed E-state index contributed by atoms with van der Waals surface area (Å²) in [5.41, 5.74) is 1.27. The molecule has 64 valence electrons. The standard InChI is InChI=1S/C10H18O/c1-9(7-8-11)10-5-3-2-4-6-10/h10-11H,1-8H2. The average molecular weight is 154 g/mol. The van der Waals surface area contributed by atoms with Crippen molar-refractivity contribution in [2.24, 2.45) is 5.92 Å². The molecular formula is C10H18O. The summed E-state index contributed by atoms with van der Waals surface area (Å²) in [4.78, 5) is 0. The maximum atomic E-state index is 8.71. The third-order valence-electron chi connectivity index (χ3n) is 2.62. The van der Waals surface area contributed by atoms with Gasteiger partial charge in [0.15, 0.2) is 0 Å². The van der Waals surface area contributed by atoms with Gasteiger partial charge in [-0.3, -0.25) is 0 Å². The summed E-state index contributed by atoms with van der Waals surface area (Å²) in [6, 6.07) is 0. The number of aliphatic hydroxyl groups excluding tert-OH is 1. The molecule has 1 aliphatic rings. The van der Waals surface area contributed by atoms with E-state index < -0.39 is 0 Å². The van der Waals surface area contributed by atoms with Crippen LogP contribution in [0.4, 0.5) is 0 Å². The Morgan fingerprint density at radius 1 is 1.27 bits per heavy atom. The van der Waals surface area contributed by atoms with Crippen LogP contribution in [0.5, 0.6) is 0 Å². The van der Waals surface area contributed by atoms with Gasteiger partial charge in [0.05, 0.1) is 0 Å². The van der Waals surface area contributed by atoms with Crippen LogP contribution in [0.1, 0.15) is 38.5 Å². The van der Waals surface area contributed by atoms with E-state index in [1.165, 1.54) is 37.7 Å². The molecule has 0 spiro atoms. The van der Waals surface area contributed by atoms with E-state index in [9.17, 15) is 0 Å². The van der Waals surface area contributed by atoms with Crippen molar-refractivity contribution in [3.63, 3.8) is 0 Å². The largest absolute Gasteiger partial charge is 0.396 e. The molecule has 0 atom stereocenters. The fraction of sp³-hybridized carbons (Fsp3) is 0.800. The van der Waals surface area contributed by atoms with E-state index in [0.29, 0.717) is 0 Å². The van der Waals surface area contributed by atoms with Gasteiger partial charge in [-0.05, 0) is 25.2 Å². The topological polar surface area (TPSA) is 20.2 Å². The number of aliphatic hydroxyl groups is 1. The zero-order chi connectivity index (χ0) is 8.10. The summed E-state index contributed by atoms with van der Waals surface area (Å²) in [5, 5.41) is 8.71. The highest BCUT2D eigenvalue weighted by atomic mass is 16.2. The van der Waals surface area contributed by atoms with Gasteiger partial charge in [0.1, 0.15) is 0 Å². The Balaban J connectivity index is 2.27. The van der Waals surface area contributed by atoms with Gasteiger partial charge >= 0.3 is 0 Å². The minimum absolute atomic E-state index is 0.273. The molecule has 1 rings (SSSR count). The minimum Gasteiger partial charge on any atom is -0.396 e. The smallest absolute Gasteiger partial charge is 0.0468 e. The molecule has 1 aliphatic carbocycles. The van der Waals surface area contributed by atoms with Crippen LogP contribution in [0.2, 0.25) is 0 Å². The highest BCUT2D eigenvalue weighted by Crippen LogP contribution is 2.29. The van der Waals surface area contributed by atoms with Crippen molar-refractivity contribution >= 4 is 0 Å². The Kier molecular flexibility index (Phi) is 3.64. The lowest BCUT2D eigenvalue weighted by atomic mass is 9.83. The quantitative estimate of drug-likeness (QED) is 0.619. The molecule has 0 radical (unpaired) electrons. The van der Waals surface area contributed by atoms with Crippen molar-refractivity contribution in [2.75, 3.05) is 6.61 Å². The summed E-state index contributed by atoms with van der Waals surface area (Å²) >= 11 is 0. The maximum Gasteiger partial charge on any atom is 0.0468 e. The number of rotatable bonds is 3. The van der Waals surface area contributed by atoms with Crippen molar-refractivity contribution in [3.05, 3.63) is 12.2 Å². The van der Waals surface area contributed by atoms with E-state index in [2.05, 4.69) is 6.58 Å². The van der Waals surface area contributed by atoms with Gasteiger partial charge in [-0.2, -0.15) is 0 Å². The molecule has 11 heavy (non-hydrogen) atoms. The summed E-state index contributed by atoms with van der Waals surface area (Å²) in [6.45, 7) is 4.28. The Labute approximate surface area is 69.1 Å². The molecule has 1 nitrogen and oxygen atoms in total. The van der Waals surface area contributed by atoms with Crippen molar-refractivity contribution in [3.8, 4) is 0 Å². The lowest BCUT2D eigenvalue weighted by Crippen LogP contribution is -2.09. The molecule has 0 aromatic rings. The Morgan fingerprint density at radius 2 is 1.91 bits per heavy atom. The SMILES string of the molecule is C=C(CCO)C1CCCCC1. The highest BCUT2D eigenvalue weighted by molar-refractivity contribution is 5.01. The van der Waals surface area contributed by atoms with Crippen LogP contribution in [-0.4, -0.2) is 11.7 Å². The van der Waals surface area contributed by atoms with Crippen LogP contribution in [-0.2, 0) is 0 Å². The molecule has 0 saturated heterocycles. The van der Waals surface area contributed by atoms with Gasteiger partial charge < -0.3 is 5.11 Å². The van der Waals surface area contributed by atoms with E-state index in [-0.39, 0.29) is 6.61 Å². The van der Waals surface area contributed by atoms with Crippen molar-refractivity contribution in [1.29, 1.82) is 0 Å². The molecule has 1 heteroatoms. The van der Waals surface area contributed by atoms with Gasteiger partial charge in [-0.25, -0.2) is 0 Å². The third kappa shape index (κ3) is 2.66. The molecule has 0 unspecified atom stereocenters. The lowest BCUT2D eigenvalue weighted by molar-refractivity contribution is 0.287. The van der Waals surface area contributed by atoms with E-state index in [1.807, 2.05) is 0 Å². The zero-order valence-corrected chi connectivity index (χ0v) is 7.18. The minimum atomic E-state index is 0.273. The summed E-state index contributed by atoms with van der Waals surface area (Å²) in [7, 11) is 0. The molecule has 0 amide bonds. The number of hydrogen-bond acceptors (Lipinski definition) is 1. The molecule has 0 aliphatic heterocycles. The first kappa shape index (κ1) is 8.79. The van der Waals surface area contributed by atoms with Crippen LogP contribution in [0.15, 0.2) is 12.2 Å². The van der Waals surface area contributed by atoms with E-state index >= 15 is 0 Å². The second kappa shape index (κ2) is 4.55. The Morgan fingerprint density at radius 3 is 2.45 bits per heavy atom. The van der Waals surface area contributed by atoms with Crippen LogP contribution >= 0.6 is 0 Å². The number of hydrogen-bond donors (Lipinski definition) is 1. The van der Waals surface area contributed by atoms with Crippen LogP contribution < -0.4 is 0 Å². The lowest BCUT2D eigenvalue weighted by Gasteiger charge is -2.23. The molecule has 1 fully saturated rings. The van der Waals surface area contributed by atoms with E-state index in [0.717, 1.165) is 12.3 Å². The normalized spacial score (nSPS) is 20.1. The van der Waals surface area contributed by atoms with Gasteiger partial charge in [0, 0.05) is 6.61 Å². The molecule has 0 bridgehead atoms. The first-order chi connectivity index (χ1) is 5.34. The van der Waals surface area contributed by atoms with Crippen molar-refractivity contribution in [1.82, 2.24) is 0 Å². The zero-order valence-electron chi connectivity index (χ0n) is 7.18. The second-order valence-electron chi connectivity index (χ2n) is 3.47. The fourth-order valence-electron chi connectivity index (χ4n) is 1.86. The van der Waals surface area contributed by atoms with Gasteiger partial charge in [0.25, 0.3) is 0 Å². The van der Waals surface area contributed by atoms with Crippen LogP contribution in [0.25, 0.3) is 0 Å². The van der Waals surface area contributed by atoms with E-state index in [4.69, 9.17) is 5.11 Å².